The number of rotatable bonds is 6. The van der Waals surface area contributed by atoms with Crippen LogP contribution in [0.25, 0.3) is 0 Å². The van der Waals surface area contributed by atoms with Crippen molar-refractivity contribution in [3.8, 4) is 5.75 Å². The number of carbonyl (C=O) groups is 1. The van der Waals surface area contributed by atoms with Gasteiger partial charge in [0.25, 0.3) is 0 Å². The van der Waals surface area contributed by atoms with Crippen molar-refractivity contribution in [3.63, 3.8) is 0 Å². The number of carboxylic acids is 1. The molecule has 4 nitrogen and oxygen atoms in total. The molecule has 0 aliphatic carbocycles. The summed E-state index contributed by atoms with van der Waals surface area (Å²) in [5.41, 5.74) is 1.20. The molecule has 110 valence electrons. The third-order valence-electron chi connectivity index (χ3n) is 3.38. The molecule has 0 bridgehead atoms. The van der Waals surface area contributed by atoms with Gasteiger partial charge in [0.1, 0.15) is 5.75 Å². The lowest BCUT2D eigenvalue weighted by Gasteiger charge is -2.34. The van der Waals surface area contributed by atoms with Crippen LogP contribution in [0.3, 0.4) is 0 Å². The molecular formula is C15H21NO3S. The Morgan fingerprint density at radius 2 is 2.20 bits per heavy atom. The molecule has 0 spiro atoms. The number of ether oxygens (including phenoxy) is 1. The average Bonchev–Trinajstić information content (AvgIpc) is 2.43. The van der Waals surface area contributed by atoms with Crippen LogP contribution in [-0.2, 0) is 11.3 Å². The SMILES string of the molecule is CCOc1ccc(CN2CCSCC2CC(=O)O)cc1. The molecule has 1 aromatic rings. The Morgan fingerprint density at radius 1 is 1.45 bits per heavy atom. The third kappa shape index (κ3) is 4.42. The Labute approximate surface area is 124 Å². The molecule has 0 saturated carbocycles. The minimum atomic E-state index is -0.714. The number of hydrogen-bond acceptors (Lipinski definition) is 4. The van der Waals surface area contributed by atoms with Crippen LogP contribution in [0.5, 0.6) is 5.75 Å². The quantitative estimate of drug-likeness (QED) is 0.873. The van der Waals surface area contributed by atoms with Crippen molar-refractivity contribution in [2.24, 2.45) is 0 Å². The van der Waals surface area contributed by atoms with Crippen LogP contribution in [-0.4, -0.2) is 46.7 Å². The van der Waals surface area contributed by atoms with Crippen LogP contribution in [0.4, 0.5) is 0 Å². The Kier molecular flexibility index (Phi) is 5.73. The molecule has 0 amide bonds. The van der Waals surface area contributed by atoms with Crippen molar-refractivity contribution in [2.75, 3.05) is 24.7 Å². The minimum absolute atomic E-state index is 0.137. The Balaban J connectivity index is 1.97. The molecule has 1 N–H and O–H groups in total. The normalized spacial score (nSPS) is 19.8. The first-order valence-electron chi connectivity index (χ1n) is 6.94. The Hall–Kier alpha value is -1.20. The second-order valence-corrected chi connectivity index (χ2v) is 6.02. The lowest BCUT2D eigenvalue weighted by molar-refractivity contribution is -0.138. The van der Waals surface area contributed by atoms with Gasteiger partial charge in [-0.3, -0.25) is 9.69 Å². The zero-order chi connectivity index (χ0) is 14.4. The lowest BCUT2D eigenvalue weighted by atomic mass is 10.1. The highest BCUT2D eigenvalue weighted by atomic mass is 32.2. The number of carboxylic acid groups (broad SMARTS) is 1. The van der Waals surface area contributed by atoms with Gasteiger partial charge in [0.15, 0.2) is 0 Å². The van der Waals surface area contributed by atoms with Crippen LogP contribution in [0.15, 0.2) is 24.3 Å². The fraction of sp³-hybridized carbons (Fsp3) is 0.533. The minimum Gasteiger partial charge on any atom is -0.494 e. The Morgan fingerprint density at radius 3 is 2.85 bits per heavy atom. The maximum Gasteiger partial charge on any atom is 0.304 e. The van der Waals surface area contributed by atoms with Gasteiger partial charge in [-0.25, -0.2) is 0 Å². The van der Waals surface area contributed by atoms with E-state index in [1.54, 1.807) is 0 Å². The van der Waals surface area contributed by atoms with Crippen molar-refractivity contribution in [1.29, 1.82) is 0 Å². The average molecular weight is 295 g/mol. The highest BCUT2D eigenvalue weighted by molar-refractivity contribution is 7.99. The fourth-order valence-corrected chi connectivity index (χ4v) is 3.51. The van der Waals surface area contributed by atoms with Crippen LogP contribution in [0.2, 0.25) is 0 Å². The summed E-state index contributed by atoms with van der Waals surface area (Å²) >= 11 is 1.84. The van der Waals surface area contributed by atoms with Gasteiger partial charge >= 0.3 is 5.97 Å². The summed E-state index contributed by atoms with van der Waals surface area (Å²) in [6.45, 7) is 4.40. The molecule has 1 aliphatic rings. The van der Waals surface area contributed by atoms with Gasteiger partial charge in [-0.05, 0) is 24.6 Å². The van der Waals surface area contributed by atoms with E-state index in [1.165, 1.54) is 5.56 Å². The zero-order valence-electron chi connectivity index (χ0n) is 11.7. The number of aliphatic carboxylic acids is 1. The van der Waals surface area contributed by atoms with Crippen LogP contribution in [0.1, 0.15) is 18.9 Å². The van der Waals surface area contributed by atoms with Crippen molar-refractivity contribution in [3.05, 3.63) is 29.8 Å². The Bertz CT molecular complexity index is 435. The zero-order valence-corrected chi connectivity index (χ0v) is 12.6. The molecule has 1 fully saturated rings. The second-order valence-electron chi connectivity index (χ2n) is 4.87. The van der Waals surface area contributed by atoms with Gasteiger partial charge in [0.05, 0.1) is 13.0 Å². The summed E-state index contributed by atoms with van der Waals surface area (Å²) in [7, 11) is 0. The molecule has 1 aromatic carbocycles. The van der Waals surface area contributed by atoms with E-state index in [9.17, 15) is 4.79 Å². The lowest BCUT2D eigenvalue weighted by Crippen LogP contribution is -2.42. The summed E-state index contributed by atoms with van der Waals surface area (Å²) in [6, 6.07) is 8.21. The molecule has 1 heterocycles. The van der Waals surface area contributed by atoms with Crippen molar-refractivity contribution in [1.82, 2.24) is 4.90 Å². The largest absolute Gasteiger partial charge is 0.494 e. The van der Waals surface area contributed by atoms with E-state index in [1.807, 2.05) is 30.8 Å². The van der Waals surface area contributed by atoms with Crippen LogP contribution >= 0.6 is 11.8 Å². The van der Waals surface area contributed by atoms with E-state index in [-0.39, 0.29) is 12.5 Å². The highest BCUT2D eigenvalue weighted by Gasteiger charge is 2.24. The van der Waals surface area contributed by atoms with E-state index in [0.717, 1.165) is 30.3 Å². The predicted octanol–water partition coefficient (Wildman–Crippen LogP) is 2.48. The van der Waals surface area contributed by atoms with Gasteiger partial charge in [0.2, 0.25) is 0 Å². The fourth-order valence-electron chi connectivity index (χ4n) is 2.38. The molecule has 0 aromatic heterocycles. The molecule has 1 saturated heterocycles. The van der Waals surface area contributed by atoms with E-state index >= 15 is 0 Å². The van der Waals surface area contributed by atoms with Gasteiger partial charge in [0, 0.05) is 30.6 Å². The van der Waals surface area contributed by atoms with Gasteiger partial charge < -0.3 is 9.84 Å². The first-order chi connectivity index (χ1) is 9.69. The first-order valence-corrected chi connectivity index (χ1v) is 8.10. The van der Waals surface area contributed by atoms with E-state index in [2.05, 4.69) is 17.0 Å². The maximum atomic E-state index is 10.9. The van der Waals surface area contributed by atoms with Gasteiger partial charge in [-0.2, -0.15) is 11.8 Å². The number of hydrogen-bond donors (Lipinski definition) is 1. The standard InChI is InChI=1S/C15H21NO3S/c1-2-19-14-5-3-12(4-6-14)10-16-7-8-20-11-13(16)9-15(17)18/h3-6,13H,2,7-11H2,1H3,(H,17,18). The van der Waals surface area contributed by atoms with Crippen molar-refractivity contribution >= 4 is 17.7 Å². The molecule has 1 aliphatic heterocycles. The smallest absolute Gasteiger partial charge is 0.304 e. The molecular weight excluding hydrogens is 274 g/mol. The molecule has 2 rings (SSSR count). The molecule has 5 heteroatoms. The first kappa shape index (κ1) is 15.2. The van der Waals surface area contributed by atoms with Crippen LogP contribution < -0.4 is 4.74 Å². The van der Waals surface area contributed by atoms with E-state index < -0.39 is 5.97 Å². The highest BCUT2D eigenvalue weighted by Crippen LogP contribution is 2.22. The number of benzene rings is 1. The van der Waals surface area contributed by atoms with E-state index in [4.69, 9.17) is 9.84 Å². The summed E-state index contributed by atoms with van der Waals surface area (Å²) < 4.78 is 5.43. The maximum absolute atomic E-state index is 10.9. The van der Waals surface area contributed by atoms with Gasteiger partial charge in [-0.1, -0.05) is 12.1 Å². The van der Waals surface area contributed by atoms with E-state index in [0.29, 0.717) is 6.61 Å². The number of thioether (sulfide) groups is 1. The van der Waals surface area contributed by atoms with Crippen molar-refractivity contribution < 1.29 is 14.6 Å². The summed E-state index contributed by atoms with van der Waals surface area (Å²) in [5, 5.41) is 8.99. The monoisotopic (exact) mass is 295 g/mol. The molecule has 20 heavy (non-hydrogen) atoms. The van der Waals surface area contributed by atoms with Gasteiger partial charge in [-0.15, -0.1) is 0 Å². The predicted molar refractivity (Wildman–Crippen MR) is 81.4 cm³/mol. The topological polar surface area (TPSA) is 49.8 Å². The van der Waals surface area contributed by atoms with Crippen molar-refractivity contribution in [2.45, 2.75) is 25.9 Å². The summed E-state index contributed by atoms with van der Waals surface area (Å²) in [4.78, 5) is 13.2. The second kappa shape index (κ2) is 7.55. The summed E-state index contributed by atoms with van der Waals surface area (Å²) in [6.07, 6.45) is 0.226. The third-order valence-corrected chi connectivity index (χ3v) is 4.47. The number of nitrogens with zero attached hydrogens (tertiary/aromatic N) is 1. The van der Waals surface area contributed by atoms with Crippen LogP contribution in [0, 0.1) is 0 Å². The molecule has 0 radical (unpaired) electrons. The summed E-state index contributed by atoms with van der Waals surface area (Å²) in [5.74, 6) is 2.15. The molecule has 1 unspecified atom stereocenters. The molecule has 1 atom stereocenters.